The van der Waals surface area contributed by atoms with Crippen LogP contribution in [0.1, 0.15) is 6.92 Å². The summed E-state index contributed by atoms with van der Waals surface area (Å²) in [5.74, 6) is 0.988. The maximum Gasteiger partial charge on any atom is 0.128 e. The van der Waals surface area contributed by atoms with Gasteiger partial charge in [0.15, 0.2) is 0 Å². The van der Waals surface area contributed by atoms with Gasteiger partial charge in [-0.05, 0) is 30.2 Å². The number of hydrogen-bond donors (Lipinski definition) is 1. The van der Waals surface area contributed by atoms with E-state index in [4.69, 9.17) is 12.6 Å². The predicted molar refractivity (Wildman–Crippen MR) is 95.6 cm³/mol. The standard InChI is InChI=1S/C19H20BNO2/c1-13(12-22)11-21-17-10-15(20)8-7-14(17)9-18(21)16-5-3-4-6-19(16)23-2/h3-10,13,22H,11-12H2,1-2H3. The van der Waals surface area contributed by atoms with Crippen LogP contribution >= 0.6 is 0 Å². The number of benzene rings is 2. The van der Waals surface area contributed by atoms with Crippen molar-refractivity contribution in [2.24, 2.45) is 5.92 Å². The molecule has 2 radical (unpaired) electrons. The fraction of sp³-hybridized carbons (Fsp3) is 0.263. The molecule has 1 unspecified atom stereocenters. The number of aromatic nitrogens is 1. The minimum Gasteiger partial charge on any atom is -0.496 e. The molecular formula is C19H20BNO2. The summed E-state index contributed by atoms with van der Waals surface area (Å²) in [5, 5.41) is 10.6. The first-order valence-electron chi connectivity index (χ1n) is 7.77. The van der Waals surface area contributed by atoms with Crippen LogP contribution < -0.4 is 10.2 Å². The summed E-state index contributed by atoms with van der Waals surface area (Å²) >= 11 is 0. The zero-order valence-electron chi connectivity index (χ0n) is 13.5. The molecule has 0 amide bonds. The second-order valence-electron chi connectivity index (χ2n) is 5.95. The van der Waals surface area contributed by atoms with E-state index < -0.39 is 0 Å². The summed E-state index contributed by atoms with van der Waals surface area (Å²) in [6.45, 7) is 2.90. The molecule has 23 heavy (non-hydrogen) atoms. The van der Waals surface area contributed by atoms with E-state index in [0.717, 1.165) is 39.9 Å². The molecule has 0 spiro atoms. The molecule has 4 heteroatoms. The van der Waals surface area contributed by atoms with Gasteiger partial charge in [0.2, 0.25) is 0 Å². The molecule has 0 saturated carbocycles. The second kappa shape index (κ2) is 6.51. The Morgan fingerprint density at radius 3 is 2.70 bits per heavy atom. The van der Waals surface area contributed by atoms with E-state index in [0.29, 0.717) is 0 Å². The van der Waals surface area contributed by atoms with E-state index in [2.05, 4.69) is 16.7 Å². The number of aliphatic hydroxyl groups is 1. The molecule has 3 aromatic rings. The first-order chi connectivity index (χ1) is 11.1. The van der Waals surface area contributed by atoms with Gasteiger partial charge in [0.1, 0.15) is 13.6 Å². The van der Waals surface area contributed by atoms with Crippen LogP contribution in [-0.4, -0.2) is 31.2 Å². The van der Waals surface area contributed by atoms with Crippen LogP contribution in [0.5, 0.6) is 5.75 Å². The highest BCUT2D eigenvalue weighted by atomic mass is 16.5. The van der Waals surface area contributed by atoms with Gasteiger partial charge in [0.05, 0.1) is 12.8 Å². The van der Waals surface area contributed by atoms with E-state index in [1.165, 1.54) is 0 Å². The SMILES string of the molecule is [B]c1ccc2cc(-c3ccccc3OC)n(CC(C)CO)c2c1. The molecule has 0 saturated heterocycles. The Hall–Kier alpha value is -2.20. The van der Waals surface area contributed by atoms with Gasteiger partial charge < -0.3 is 14.4 Å². The summed E-state index contributed by atoms with van der Waals surface area (Å²) in [5.41, 5.74) is 3.92. The van der Waals surface area contributed by atoms with Crippen molar-refractivity contribution in [1.82, 2.24) is 4.57 Å². The van der Waals surface area contributed by atoms with Crippen molar-refractivity contribution in [3.05, 3.63) is 48.5 Å². The largest absolute Gasteiger partial charge is 0.496 e. The number of hydrogen-bond acceptors (Lipinski definition) is 2. The zero-order valence-corrected chi connectivity index (χ0v) is 13.5. The van der Waals surface area contributed by atoms with Gasteiger partial charge >= 0.3 is 0 Å². The molecule has 0 bridgehead atoms. The van der Waals surface area contributed by atoms with Crippen LogP contribution in [0.3, 0.4) is 0 Å². The summed E-state index contributed by atoms with van der Waals surface area (Å²) in [7, 11) is 7.65. The van der Waals surface area contributed by atoms with Crippen molar-refractivity contribution in [1.29, 1.82) is 0 Å². The average Bonchev–Trinajstić information content (AvgIpc) is 2.92. The molecule has 3 nitrogen and oxygen atoms in total. The lowest BCUT2D eigenvalue weighted by atomic mass is 9.95. The lowest BCUT2D eigenvalue weighted by molar-refractivity contribution is 0.224. The Kier molecular flexibility index (Phi) is 4.44. The fourth-order valence-electron chi connectivity index (χ4n) is 2.92. The molecule has 0 aliphatic heterocycles. The van der Waals surface area contributed by atoms with Gasteiger partial charge in [0, 0.05) is 29.6 Å². The van der Waals surface area contributed by atoms with Crippen LogP contribution in [0, 0.1) is 5.92 Å². The molecule has 3 rings (SSSR count). The third-order valence-electron chi connectivity index (χ3n) is 4.12. The lowest BCUT2D eigenvalue weighted by Gasteiger charge is -2.16. The van der Waals surface area contributed by atoms with E-state index in [-0.39, 0.29) is 12.5 Å². The number of aliphatic hydroxyl groups excluding tert-OH is 1. The van der Waals surface area contributed by atoms with Crippen molar-refractivity contribution in [3.63, 3.8) is 0 Å². The first kappa shape index (κ1) is 15.7. The van der Waals surface area contributed by atoms with Gasteiger partial charge in [-0.25, -0.2) is 0 Å². The van der Waals surface area contributed by atoms with Crippen molar-refractivity contribution in [2.75, 3.05) is 13.7 Å². The molecule has 1 N–H and O–H groups in total. The highest BCUT2D eigenvalue weighted by Crippen LogP contribution is 2.34. The van der Waals surface area contributed by atoms with E-state index in [1.54, 1.807) is 7.11 Å². The smallest absolute Gasteiger partial charge is 0.128 e. The third-order valence-corrected chi connectivity index (χ3v) is 4.12. The van der Waals surface area contributed by atoms with E-state index in [1.807, 2.05) is 43.3 Å². The highest BCUT2D eigenvalue weighted by molar-refractivity contribution is 6.33. The van der Waals surface area contributed by atoms with Crippen molar-refractivity contribution in [3.8, 4) is 17.0 Å². The summed E-state index contributed by atoms with van der Waals surface area (Å²) in [6, 6.07) is 16.1. The predicted octanol–water partition coefficient (Wildman–Crippen LogP) is 2.74. The molecule has 0 fully saturated rings. The number of methoxy groups -OCH3 is 1. The molecule has 1 aromatic heterocycles. The minimum absolute atomic E-state index is 0.146. The number of para-hydroxylation sites is 1. The first-order valence-corrected chi connectivity index (χ1v) is 7.77. The summed E-state index contributed by atoms with van der Waals surface area (Å²) in [4.78, 5) is 0. The number of rotatable bonds is 5. The van der Waals surface area contributed by atoms with Gasteiger partial charge in [0.25, 0.3) is 0 Å². The molecular weight excluding hydrogens is 285 g/mol. The van der Waals surface area contributed by atoms with Gasteiger partial charge in [-0.15, -0.1) is 0 Å². The van der Waals surface area contributed by atoms with Gasteiger partial charge in [-0.1, -0.05) is 36.7 Å². The molecule has 0 aliphatic carbocycles. The molecule has 116 valence electrons. The van der Waals surface area contributed by atoms with Crippen LogP contribution in [0.15, 0.2) is 48.5 Å². The molecule has 1 atom stereocenters. The quantitative estimate of drug-likeness (QED) is 0.736. The Morgan fingerprint density at radius 1 is 1.17 bits per heavy atom. The van der Waals surface area contributed by atoms with E-state index in [9.17, 15) is 5.11 Å². The Bertz CT molecular complexity index is 825. The highest BCUT2D eigenvalue weighted by Gasteiger charge is 2.15. The van der Waals surface area contributed by atoms with Gasteiger partial charge in [-0.3, -0.25) is 0 Å². The topological polar surface area (TPSA) is 34.4 Å². The monoisotopic (exact) mass is 305 g/mol. The lowest BCUT2D eigenvalue weighted by Crippen LogP contribution is -2.13. The normalized spacial score (nSPS) is 12.5. The van der Waals surface area contributed by atoms with Crippen LogP contribution in [0.4, 0.5) is 0 Å². The number of fused-ring (bicyclic) bond motifs is 1. The maximum absolute atomic E-state index is 9.46. The van der Waals surface area contributed by atoms with Crippen molar-refractivity contribution >= 4 is 24.2 Å². The van der Waals surface area contributed by atoms with Crippen LogP contribution in [0.2, 0.25) is 0 Å². The van der Waals surface area contributed by atoms with E-state index >= 15 is 0 Å². The fourth-order valence-corrected chi connectivity index (χ4v) is 2.92. The van der Waals surface area contributed by atoms with Crippen molar-refractivity contribution in [2.45, 2.75) is 13.5 Å². The van der Waals surface area contributed by atoms with Crippen LogP contribution in [0.25, 0.3) is 22.2 Å². The third kappa shape index (κ3) is 2.99. The van der Waals surface area contributed by atoms with Crippen LogP contribution in [-0.2, 0) is 6.54 Å². The zero-order chi connectivity index (χ0) is 16.4. The number of nitrogens with zero attached hydrogens (tertiary/aromatic N) is 1. The Labute approximate surface area is 137 Å². The Balaban J connectivity index is 2.24. The molecule has 1 heterocycles. The number of ether oxygens (including phenoxy) is 1. The minimum atomic E-state index is 0.146. The van der Waals surface area contributed by atoms with Crippen molar-refractivity contribution < 1.29 is 9.84 Å². The second-order valence-corrected chi connectivity index (χ2v) is 5.95. The Morgan fingerprint density at radius 2 is 1.96 bits per heavy atom. The molecule has 2 aromatic carbocycles. The molecule has 0 aliphatic rings. The summed E-state index contributed by atoms with van der Waals surface area (Å²) in [6.07, 6.45) is 0. The average molecular weight is 305 g/mol. The summed E-state index contributed by atoms with van der Waals surface area (Å²) < 4.78 is 7.73. The van der Waals surface area contributed by atoms with Gasteiger partial charge in [-0.2, -0.15) is 0 Å². The maximum atomic E-state index is 9.46.